The van der Waals surface area contributed by atoms with Crippen molar-refractivity contribution in [1.82, 2.24) is 15.0 Å². The Morgan fingerprint density at radius 1 is 1.17 bits per heavy atom. The first kappa shape index (κ1) is 20.2. The highest BCUT2D eigenvalue weighted by Crippen LogP contribution is 2.26. The molecule has 1 amide bonds. The molecule has 0 fully saturated rings. The molecule has 0 aliphatic rings. The fourth-order valence-electron chi connectivity index (χ4n) is 2.75. The van der Waals surface area contributed by atoms with E-state index < -0.39 is 11.7 Å². The van der Waals surface area contributed by atoms with Crippen molar-refractivity contribution < 1.29 is 9.18 Å². The van der Waals surface area contributed by atoms with Gasteiger partial charge in [-0.2, -0.15) is 0 Å². The summed E-state index contributed by atoms with van der Waals surface area (Å²) in [6.07, 6.45) is 3.94. The molecule has 9 heteroatoms. The molecular weight excluding hydrogens is 373 g/mol. The van der Waals surface area contributed by atoms with Gasteiger partial charge in [0, 0.05) is 29.7 Å². The monoisotopic (exact) mass is 395 g/mol. The molecule has 0 saturated carbocycles. The van der Waals surface area contributed by atoms with E-state index in [-0.39, 0.29) is 23.2 Å². The van der Waals surface area contributed by atoms with Crippen LogP contribution >= 0.6 is 0 Å². The zero-order chi connectivity index (χ0) is 20.8. The summed E-state index contributed by atoms with van der Waals surface area (Å²) in [5.41, 5.74) is 12.3. The van der Waals surface area contributed by atoms with E-state index in [4.69, 9.17) is 11.5 Å². The number of benzene rings is 1. The summed E-state index contributed by atoms with van der Waals surface area (Å²) in [6, 6.07) is 9.96. The molecule has 3 aromatic rings. The smallest absolute Gasteiger partial charge is 0.252 e. The van der Waals surface area contributed by atoms with Gasteiger partial charge >= 0.3 is 0 Å². The van der Waals surface area contributed by atoms with Crippen molar-refractivity contribution in [2.24, 2.45) is 11.5 Å². The molecule has 29 heavy (non-hydrogen) atoms. The van der Waals surface area contributed by atoms with Gasteiger partial charge in [0.1, 0.15) is 5.82 Å². The zero-order valence-electron chi connectivity index (χ0n) is 15.9. The van der Waals surface area contributed by atoms with Crippen molar-refractivity contribution in [1.29, 1.82) is 0 Å². The molecule has 0 radical (unpaired) electrons. The van der Waals surface area contributed by atoms with Crippen LogP contribution in [-0.2, 0) is 0 Å². The maximum atomic E-state index is 14.4. The Hall–Kier alpha value is -3.59. The fourth-order valence-corrected chi connectivity index (χ4v) is 2.75. The molecule has 1 aromatic carbocycles. The van der Waals surface area contributed by atoms with Crippen LogP contribution in [0.2, 0.25) is 0 Å². The maximum Gasteiger partial charge on any atom is 0.252 e. The number of carbonyl (C=O) groups is 1. The van der Waals surface area contributed by atoms with Crippen LogP contribution in [0.25, 0.3) is 11.4 Å². The van der Waals surface area contributed by atoms with Gasteiger partial charge in [-0.3, -0.25) is 4.79 Å². The highest BCUT2D eigenvalue weighted by molar-refractivity contribution is 5.98. The van der Waals surface area contributed by atoms with Crippen LogP contribution < -0.4 is 22.1 Å². The summed E-state index contributed by atoms with van der Waals surface area (Å²) in [4.78, 5) is 24.5. The minimum atomic E-state index is -0.789. The Morgan fingerprint density at radius 3 is 2.62 bits per heavy atom. The van der Waals surface area contributed by atoms with Crippen molar-refractivity contribution in [2.45, 2.75) is 19.4 Å². The number of hydrogen-bond acceptors (Lipinski definition) is 7. The number of carbonyl (C=O) groups excluding carboxylic acids is 1. The molecule has 2 aromatic heterocycles. The van der Waals surface area contributed by atoms with Crippen molar-refractivity contribution in [2.75, 3.05) is 17.2 Å². The SMILES string of the molecule is CC(CCN)Nc1nc(Nc2cccc(-c3ncccn3)c2)c(C(N)=O)cc1F. The van der Waals surface area contributed by atoms with Gasteiger partial charge in [0.05, 0.1) is 5.56 Å². The Labute approximate surface area is 167 Å². The average Bonchev–Trinajstić information content (AvgIpc) is 2.71. The van der Waals surface area contributed by atoms with Crippen LogP contribution in [-0.4, -0.2) is 33.4 Å². The molecule has 0 aliphatic carbocycles. The van der Waals surface area contributed by atoms with Gasteiger partial charge in [0.15, 0.2) is 17.5 Å². The van der Waals surface area contributed by atoms with E-state index in [1.54, 1.807) is 30.6 Å². The van der Waals surface area contributed by atoms with E-state index in [0.717, 1.165) is 11.6 Å². The van der Waals surface area contributed by atoms with Gasteiger partial charge in [0.25, 0.3) is 5.91 Å². The second-order valence-corrected chi connectivity index (χ2v) is 6.48. The van der Waals surface area contributed by atoms with Crippen LogP contribution in [0.5, 0.6) is 0 Å². The Morgan fingerprint density at radius 2 is 1.93 bits per heavy atom. The van der Waals surface area contributed by atoms with E-state index >= 15 is 0 Å². The van der Waals surface area contributed by atoms with E-state index in [1.807, 2.05) is 19.1 Å². The first-order chi connectivity index (χ1) is 14.0. The first-order valence-corrected chi connectivity index (χ1v) is 9.09. The standard InChI is InChI=1S/C20H22FN7O/c1-12(6-7-22)26-20-16(21)11-15(17(23)29)19(28-20)27-14-5-2-4-13(10-14)18-24-8-3-9-25-18/h2-5,8-12H,6-7,22H2,1H3,(H2,23,29)(H2,26,27,28). The van der Waals surface area contributed by atoms with Crippen LogP contribution in [0.3, 0.4) is 0 Å². The van der Waals surface area contributed by atoms with Gasteiger partial charge in [0.2, 0.25) is 0 Å². The Kier molecular flexibility index (Phi) is 6.30. The first-order valence-electron chi connectivity index (χ1n) is 9.09. The number of halogens is 1. The second-order valence-electron chi connectivity index (χ2n) is 6.48. The van der Waals surface area contributed by atoms with Crippen LogP contribution in [0.4, 0.5) is 21.7 Å². The summed E-state index contributed by atoms with van der Waals surface area (Å²) in [6.45, 7) is 2.32. The molecule has 150 valence electrons. The van der Waals surface area contributed by atoms with Crippen molar-refractivity contribution >= 4 is 23.2 Å². The molecule has 3 rings (SSSR count). The van der Waals surface area contributed by atoms with Crippen molar-refractivity contribution in [3.8, 4) is 11.4 Å². The minimum Gasteiger partial charge on any atom is -0.365 e. The number of amides is 1. The summed E-state index contributed by atoms with van der Waals surface area (Å²) in [7, 11) is 0. The van der Waals surface area contributed by atoms with Crippen LogP contribution in [0, 0.1) is 5.82 Å². The number of rotatable bonds is 8. The molecule has 1 unspecified atom stereocenters. The van der Waals surface area contributed by atoms with Gasteiger partial charge < -0.3 is 22.1 Å². The normalized spacial score (nSPS) is 11.7. The molecule has 6 N–H and O–H groups in total. The molecule has 0 bridgehead atoms. The van der Waals surface area contributed by atoms with Crippen LogP contribution in [0.15, 0.2) is 48.8 Å². The molecule has 8 nitrogen and oxygen atoms in total. The predicted octanol–water partition coefficient (Wildman–Crippen LogP) is 2.67. The molecule has 2 heterocycles. The molecule has 0 spiro atoms. The number of pyridine rings is 1. The molecule has 0 saturated heterocycles. The maximum absolute atomic E-state index is 14.4. The lowest BCUT2D eigenvalue weighted by molar-refractivity contribution is 0.100. The number of hydrogen-bond donors (Lipinski definition) is 4. The van der Waals surface area contributed by atoms with E-state index in [9.17, 15) is 9.18 Å². The quantitative estimate of drug-likeness (QED) is 0.461. The number of primary amides is 1. The van der Waals surface area contributed by atoms with E-state index in [1.165, 1.54) is 0 Å². The van der Waals surface area contributed by atoms with Crippen molar-refractivity contribution in [3.05, 3.63) is 60.2 Å². The highest BCUT2D eigenvalue weighted by atomic mass is 19.1. The van der Waals surface area contributed by atoms with E-state index in [2.05, 4.69) is 25.6 Å². The lowest BCUT2D eigenvalue weighted by Crippen LogP contribution is -2.22. The predicted molar refractivity (Wildman–Crippen MR) is 110 cm³/mol. The second kappa shape index (κ2) is 9.07. The lowest BCUT2D eigenvalue weighted by atomic mass is 10.1. The summed E-state index contributed by atoms with van der Waals surface area (Å²) >= 11 is 0. The Balaban J connectivity index is 1.94. The van der Waals surface area contributed by atoms with Gasteiger partial charge in [-0.05, 0) is 44.2 Å². The molecular formula is C20H22FN7O. The third-order valence-electron chi connectivity index (χ3n) is 4.17. The Bertz CT molecular complexity index is 997. The number of aromatic nitrogens is 3. The minimum absolute atomic E-state index is 0.0148. The highest BCUT2D eigenvalue weighted by Gasteiger charge is 2.17. The number of nitrogens with two attached hydrogens (primary N) is 2. The largest absolute Gasteiger partial charge is 0.365 e. The summed E-state index contributed by atoms with van der Waals surface area (Å²) in [5.74, 6) is -0.743. The van der Waals surface area contributed by atoms with Crippen molar-refractivity contribution in [3.63, 3.8) is 0 Å². The summed E-state index contributed by atoms with van der Waals surface area (Å²) < 4.78 is 14.4. The average molecular weight is 395 g/mol. The fraction of sp³-hybridized carbons (Fsp3) is 0.200. The third kappa shape index (κ3) is 5.02. The third-order valence-corrected chi connectivity index (χ3v) is 4.17. The molecule has 1 atom stereocenters. The van der Waals surface area contributed by atoms with Gasteiger partial charge in [-0.1, -0.05) is 12.1 Å². The van der Waals surface area contributed by atoms with Gasteiger partial charge in [-0.15, -0.1) is 0 Å². The zero-order valence-corrected chi connectivity index (χ0v) is 15.9. The number of anilines is 3. The topological polar surface area (TPSA) is 132 Å². The van der Waals surface area contributed by atoms with E-state index in [0.29, 0.717) is 24.5 Å². The number of nitrogens with one attached hydrogen (secondary N) is 2. The number of nitrogens with zero attached hydrogens (tertiary/aromatic N) is 3. The molecule has 0 aliphatic heterocycles. The van der Waals surface area contributed by atoms with Crippen LogP contribution in [0.1, 0.15) is 23.7 Å². The lowest BCUT2D eigenvalue weighted by Gasteiger charge is -2.17. The van der Waals surface area contributed by atoms with Gasteiger partial charge in [-0.25, -0.2) is 19.3 Å². The summed E-state index contributed by atoms with van der Waals surface area (Å²) in [5, 5.41) is 6.00.